The van der Waals surface area contributed by atoms with E-state index in [9.17, 15) is 0 Å². The van der Waals surface area contributed by atoms with E-state index in [4.69, 9.17) is 24.2 Å². The highest BCUT2D eigenvalue weighted by molar-refractivity contribution is 7.34. The van der Waals surface area contributed by atoms with Crippen LogP contribution in [0.5, 0.6) is 0 Å². The minimum absolute atomic E-state index is 0.602. The third kappa shape index (κ3) is 9.75. The molecule has 0 spiro atoms. The van der Waals surface area contributed by atoms with E-state index >= 15 is 0 Å². The summed E-state index contributed by atoms with van der Waals surface area (Å²) in [5.74, 6) is 0. The number of hydrogen-bond acceptors (Lipinski definition) is 10. The highest BCUT2D eigenvalue weighted by Gasteiger charge is 2.27. The van der Waals surface area contributed by atoms with Crippen molar-refractivity contribution in [2.45, 2.75) is 149 Å². The van der Waals surface area contributed by atoms with Gasteiger partial charge in [-0.25, -0.2) is 9.97 Å². The Labute approximate surface area is 369 Å². The second kappa shape index (κ2) is 21.8. The van der Waals surface area contributed by atoms with Crippen LogP contribution in [-0.2, 0) is 33.5 Å². The molecule has 7 nitrogen and oxygen atoms in total. The van der Waals surface area contributed by atoms with Crippen LogP contribution < -0.4 is 0 Å². The van der Waals surface area contributed by atoms with E-state index in [-0.39, 0.29) is 0 Å². The van der Waals surface area contributed by atoms with E-state index in [1.54, 1.807) is 18.8 Å². The predicted molar refractivity (Wildman–Crippen MR) is 262 cm³/mol. The van der Waals surface area contributed by atoms with Crippen molar-refractivity contribution in [3.05, 3.63) is 21.4 Å². The molecule has 0 saturated heterocycles. The Hall–Kier alpha value is -2.16. The van der Waals surface area contributed by atoms with Crippen LogP contribution in [0.3, 0.4) is 0 Å². The van der Waals surface area contributed by atoms with Gasteiger partial charge >= 0.3 is 0 Å². The Morgan fingerprint density at radius 3 is 1.63 bits per heavy atom. The van der Waals surface area contributed by atoms with E-state index < -0.39 is 0 Å². The molecule has 59 heavy (non-hydrogen) atoms. The number of benzene rings is 1. The molecule has 0 saturated carbocycles. The first-order chi connectivity index (χ1) is 29.2. The van der Waals surface area contributed by atoms with Gasteiger partial charge in [-0.05, 0) is 42.2 Å². The van der Waals surface area contributed by atoms with Gasteiger partial charge in [0, 0.05) is 40.9 Å². The molecule has 0 unspecified atom stereocenters. The fraction of sp³-hybridized carbons (Fsp3) is 0.617. The van der Waals surface area contributed by atoms with Gasteiger partial charge in [0.15, 0.2) is 0 Å². The summed E-state index contributed by atoms with van der Waals surface area (Å²) in [5, 5.41) is 4.89. The standard InChI is InChI=1S/C47H64N4O3S5/c1-4-6-8-10-12-14-16-18-20-22-31-30-55-46-40-44(57-42(31)46)34-36(48-40)37-35(39-38(34)50-59-51-39)45-41(49-37)47-43(58-45)32(23-21-19-17-15-13-11-9-7-5-2)33(56-47)24-25-53-28-29-54-27-26-52-3/h30,50-51H,4-29H2,1-3H3. The molecule has 0 radical (unpaired) electrons. The van der Waals surface area contributed by atoms with Crippen molar-refractivity contribution in [1.82, 2.24) is 18.7 Å². The summed E-state index contributed by atoms with van der Waals surface area (Å²) in [6.45, 7) is 7.74. The number of hydrogen-bond donors (Lipinski definition) is 2. The summed E-state index contributed by atoms with van der Waals surface area (Å²) in [5.41, 5.74) is 9.83. The van der Waals surface area contributed by atoms with Gasteiger partial charge in [-0.2, -0.15) is 0 Å². The predicted octanol–water partition coefficient (Wildman–Crippen LogP) is 15.9. The Morgan fingerprint density at radius 2 is 1.02 bits per heavy atom. The van der Waals surface area contributed by atoms with Crippen molar-refractivity contribution >= 4 is 129 Å². The minimum Gasteiger partial charge on any atom is -0.382 e. The zero-order valence-corrected chi connectivity index (χ0v) is 39.7. The van der Waals surface area contributed by atoms with Gasteiger partial charge in [-0.15, -0.1) is 45.3 Å². The molecule has 0 aliphatic heterocycles. The van der Waals surface area contributed by atoms with Crippen LogP contribution in [0.2, 0.25) is 0 Å². The van der Waals surface area contributed by atoms with Gasteiger partial charge in [0.1, 0.15) is 22.1 Å². The van der Waals surface area contributed by atoms with Crippen LogP contribution in [0, 0.1) is 0 Å². The second-order valence-electron chi connectivity index (χ2n) is 16.5. The Morgan fingerprint density at radius 1 is 0.492 bits per heavy atom. The lowest BCUT2D eigenvalue weighted by atomic mass is 10.0. The number of ether oxygens (including phenoxy) is 3. The number of rotatable bonds is 29. The molecule has 0 atom stereocenters. The number of thiophene rings is 4. The first-order valence-electron chi connectivity index (χ1n) is 22.8. The molecule has 0 amide bonds. The Bertz CT molecular complexity index is 2530. The van der Waals surface area contributed by atoms with Gasteiger partial charge in [-0.1, -0.05) is 117 Å². The van der Waals surface area contributed by atoms with Crippen molar-refractivity contribution in [1.29, 1.82) is 0 Å². The summed E-state index contributed by atoms with van der Waals surface area (Å²) >= 11 is 9.34. The summed E-state index contributed by atoms with van der Waals surface area (Å²) in [6, 6.07) is 0. The average molecular weight is 893 g/mol. The fourth-order valence-electron chi connectivity index (χ4n) is 8.90. The molecular weight excluding hydrogens is 829 g/mol. The van der Waals surface area contributed by atoms with Crippen LogP contribution in [-0.4, -0.2) is 58.9 Å². The maximum absolute atomic E-state index is 6.08. The maximum Gasteiger partial charge on any atom is 0.101 e. The summed E-state index contributed by atoms with van der Waals surface area (Å²) < 4.78 is 32.4. The zero-order valence-electron chi connectivity index (χ0n) is 35.6. The first-order valence-corrected chi connectivity index (χ1v) is 27.0. The van der Waals surface area contributed by atoms with Crippen molar-refractivity contribution in [3.8, 4) is 0 Å². The molecule has 320 valence electrons. The molecule has 0 aliphatic carbocycles. The summed E-state index contributed by atoms with van der Waals surface area (Å²) in [4.78, 5) is 12.5. The van der Waals surface area contributed by atoms with Gasteiger partial charge in [0.2, 0.25) is 0 Å². The number of fused-ring (bicyclic) bond motifs is 14. The molecule has 7 aromatic heterocycles. The van der Waals surface area contributed by atoms with Crippen molar-refractivity contribution in [2.75, 3.05) is 40.1 Å². The normalized spacial score (nSPS) is 12.6. The van der Waals surface area contributed by atoms with Crippen LogP contribution >= 0.6 is 57.1 Å². The quantitative estimate of drug-likeness (QED) is 0.0458. The Balaban J connectivity index is 1.04. The number of aromatic amines is 2. The zero-order chi connectivity index (χ0) is 40.4. The van der Waals surface area contributed by atoms with Crippen LogP contribution in [0.15, 0.2) is 5.38 Å². The molecule has 1 aromatic carbocycles. The Kier molecular flexibility index (Phi) is 16.0. The number of nitrogens with one attached hydrogen (secondary N) is 2. The largest absolute Gasteiger partial charge is 0.382 e. The van der Waals surface area contributed by atoms with Gasteiger partial charge in [-0.3, -0.25) is 8.75 Å². The van der Waals surface area contributed by atoms with Gasteiger partial charge < -0.3 is 14.2 Å². The molecule has 0 fully saturated rings. The molecular formula is C47H64N4O3S5. The van der Waals surface area contributed by atoms with Crippen molar-refractivity contribution < 1.29 is 14.2 Å². The van der Waals surface area contributed by atoms with E-state index in [0.717, 1.165) is 29.4 Å². The fourth-order valence-corrected chi connectivity index (χ4v) is 15.1. The lowest BCUT2D eigenvalue weighted by molar-refractivity contribution is 0.0256. The summed E-state index contributed by atoms with van der Waals surface area (Å²) in [6.07, 6.45) is 27.6. The lowest BCUT2D eigenvalue weighted by Gasteiger charge is -2.07. The third-order valence-corrected chi connectivity index (χ3v) is 17.9. The second-order valence-corrected chi connectivity index (χ2v) is 21.1. The number of aryl methyl sites for hydroxylation is 2. The molecule has 0 aliphatic rings. The molecule has 2 N–H and O–H groups in total. The lowest BCUT2D eigenvalue weighted by Crippen LogP contribution is -2.09. The van der Waals surface area contributed by atoms with Crippen molar-refractivity contribution in [3.63, 3.8) is 0 Å². The third-order valence-electron chi connectivity index (χ3n) is 12.1. The van der Waals surface area contributed by atoms with Crippen LogP contribution in [0.25, 0.3) is 72.1 Å². The number of aromatic nitrogens is 4. The topological polar surface area (TPSA) is 85.1 Å². The maximum atomic E-state index is 6.08. The van der Waals surface area contributed by atoms with Crippen LogP contribution in [0.1, 0.15) is 145 Å². The van der Waals surface area contributed by atoms with Crippen LogP contribution in [0.4, 0.5) is 0 Å². The van der Waals surface area contributed by atoms with E-state index in [1.165, 1.54) is 194 Å². The molecule has 12 heteroatoms. The molecule has 7 heterocycles. The van der Waals surface area contributed by atoms with E-state index in [0.29, 0.717) is 33.0 Å². The average Bonchev–Trinajstić information content (AvgIpc) is 4.10. The minimum atomic E-state index is 0.602. The number of unbranched alkanes of at least 4 members (excludes halogenated alkanes) is 16. The molecule has 0 bridgehead atoms. The number of methoxy groups -OCH3 is 1. The smallest absolute Gasteiger partial charge is 0.101 e. The molecule has 8 aromatic rings. The SMILES string of the molecule is CCCCCCCCCCCc1csc2c1sc1c2nc2c3nc4c5sc(CCOCCOCCOC)c(CCCCCCCCCCC)c5sc4c3c3[nH]s[nH]c3c21. The number of nitrogens with zero attached hydrogens (tertiary/aromatic N) is 2. The highest BCUT2D eigenvalue weighted by Crippen LogP contribution is 2.51. The first kappa shape index (κ1) is 43.5. The highest BCUT2D eigenvalue weighted by atomic mass is 32.1. The van der Waals surface area contributed by atoms with E-state index in [1.807, 2.05) is 45.3 Å². The van der Waals surface area contributed by atoms with Crippen molar-refractivity contribution in [2.24, 2.45) is 0 Å². The van der Waals surface area contributed by atoms with Gasteiger partial charge in [0.05, 0.1) is 72.3 Å². The van der Waals surface area contributed by atoms with E-state index in [2.05, 4.69) is 28.0 Å². The number of H-pyrrole nitrogens is 2. The van der Waals surface area contributed by atoms with Gasteiger partial charge in [0.25, 0.3) is 0 Å². The summed E-state index contributed by atoms with van der Waals surface area (Å²) in [7, 11) is 1.70. The molecule has 8 rings (SSSR count). The monoisotopic (exact) mass is 892 g/mol.